The molecule has 0 aliphatic carbocycles. The fraction of sp³-hybridized carbons (Fsp3) is 0.714. The van der Waals surface area contributed by atoms with Crippen molar-refractivity contribution in [2.45, 2.75) is 39.3 Å². The van der Waals surface area contributed by atoms with Crippen molar-refractivity contribution in [2.24, 2.45) is 5.92 Å². The molecule has 17 heavy (non-hydrogen) atoms. The lowest BCUT2D eigenvalue weighted by Gasteiger charge is -2.32. The molecular weight excluding hydrogens is 212 g/mol. The van der Waals surface area contributed by atoms with Crippen LogP contribution in [0.15, 0.2) is 23.0 Å². The first-order valence-corrected chi connectivity index (χ1v) is 6.71. The van der Waals surface area contributed by atoms with E-state index in [-0.39, 0.29) is 0 Å². The molecule has 0 spiro atoms. The van der Waals surface area contributed by atoms with E-state index in [1.165, 1.54) is 38.0 Å². The van der Waals surface area contributed by atoms with Gasteiger partial charge in [0.05, 0.1) is 12.5 Å². The van der Waals surface area contributed by atoms with E-state index < -0.39 is 0 Å². The Bertz CT molecular complexity index is 302. The Morgan fingerprint density at radius 2 is 2.18 bits per heavy atom. The molecule has 1 N–H and O–H groups in total. The minimum absolute atomic E-state index is 0.597. The van der Waals surface area contributed by atoms with Gasteiger partial charge in [-0.3, -0.25) is 4.90 Å². The summed E-state index contributed by atoms with van der Waals surface area (Å²) in [5, 5.41) is 3.43. The Labute approximate surface area is 104 Å². The Kier molecular flexibility index (Phi) is 4.63. The molecule has 0 bridgehead atoms. The maximum Gasteiger partial charge on any atom is 0.0947 e. The molecule has 1 aromatic heterocycles. The van der Waals surface area contributed by atoms with Gasteiger partial charge in [-0.25, -0.2) is 0 Å². The number of furan rings is 1. The first kappa shape index (κ1) is 12.7. The predicted octanol–water partition coefficient (Wildman–Crippen LogP) is 2.49. The van der Waals surface area contributed by atoms with Crippen LogP contribution in [0.4, 0.5) is 0 Å². The molecule has 96 valence electrons. The maximum absolute atomic E-state index is 5.15. The van der Waals surface area contributed by atoms with Crippen molar-refractivity contribution < 1.29 is 4.42 Å². The SMILES string of the molecule is CC(C)N(Cc1ccoc1)CC1CCNCC1. The van der Waals surface area contributed by atoms with Crippen LogP contribution >= 0.6 is 0 Å². The van der Waals surface area contributed by atoms with Gasteiger partial charge in [0.1, 0.15) is 0 Å². The monoisotopic (exact) mass is 236 g/mol. The lowest BCUT2D eigenvalue weighted by molar-refractivity contribution is 0.161. The predicted molar refractivity (Wildman–Crippen MR) is 69.8 cm³/mol. The average molecular weight is 236 g/mol. The summed E-state index contributed by atoms with van der Waals surface area (Å²) in [5.74, 6) is 0.852. The van der Waals surface area contributed by atoms with E-state index >= 15 is 0 Å². The molecule has 0 atom stereocenters. The van der Waals surface area contributed by atoms with Crippen LogP contribution in [0, 0.1) is 5.92 Å². The average Bonchev–Trinajstić information content (AvgIpc) is 2.82. The maximum atomic E-state index is 5.15. The van der Waals surface area contributed by atoms with Gasteiger partial charge in [0.15, 0.2) is 0 Å². The van der Waals surface area contributed by atoms with Crippen LogP contribution in [0.5, 0.6) is 0 Å². The van der Waals surface area contributed by atoms with Crippen molar-refractivity contribution >= 4 is 0 Å². The second-order valence-electron chi connectivity index (χ2n) is 5.35. The summed E-state index contributed by atoms with van der Waals surface area (Å²) in [6.45, 7) is 9.15. The van der Waals surface area contributed by atoms with Crippen molar-refractivity contribution in [3.63, 3.8) is 0 Å². The van der Waals surface area contributed by atoms with Crippen LogP contribution in [0.1, 0.15) is 32.3 Å². The minimum Gasteiger partial charge on any atom is -0.472 e. The summed E-state index contributed by atoms with van der Waals surface area (Å²) < 4.78 is 5.15. The summed E-state index contributed by atoms with van der Waals surface area (Å²) >= 11 is 0. The van der Waals surface area contributed by atoms with Crippen LogP contribution in [0.2, 0.25) is 0 Å². The number of nitrogens with one attached hydrogen (secondary N) is 1. The fourth-order valence-electron chi connectivity index (χ4n) is 2.47. The molecule has 1 fully saturated rings. The topological polar surface area (TPSA) is 28.4 Å². The molecule has 0 aromatic carbocycles. The largest absolute Gasteiger partial charge is 0.472 e. The van der Waals surface area contributed by atoms with Gasteiger partial charge in [-0.1, -0.05) is 0 Å². The summed E-state index contributed by atoms with van der Waals surface area (Å²) in [5.41, 5.74) is 1.28. The van der Waals surface area contributed by atoms with E-state index in [2.05, 4.69) is 30.1 Å². The lowest BCUT2D eigenvalue weighted by atomic mass is 9.97. The molecule has 2 rings (SSSR count). The Balaban J connectivity index is 1.87. The molecule has 3 heteroatoms. The van der Waals surface area contributed by atoms with E-state index in [0.29, 0.717) is 6.04 Å². The second kappa shape index (κ2) is 6.22. The highest BCUT2D eigenvalue weighted by molar-refractivity contribution is 5.05. The Hall–Kier alpha value is -0.800. The van der Waals surface area contributed by atoms with E-state index in [0.717, 1.165) is 12.5 Å². The lowest BCUT2D eigenvalue weighted by Crippen LogP contribution is -2.39. The van der Waals surface area contributed by atoms with Crippen LogP contribution in [0.25, 0.3) is 0 Å². The van der Waals surface area contributed by atoms with E-state index in [4.69, 9.17) is 4.42 Å². The van der Waals surface area contributed by atoms with Crippen molar-refractivity contribution in [3.8, 4) is 0 Å². The highest BCUT2D eigenvalue weighted by Gasteiger charge is 2.19. The zero-order valence-electron chi connectivity index (χ0n) is 11.0. The third kappa shape index (κ3) is 3.86. The summed E-state index contributed by atoms with van der Waals surface area (Å²) in [6, 6.07) is 2.66. The standard InChI is InChI=1S/C14H24N2O/c1-12(2)16(10-14-5-8-17-11-14)9-13-3-6-15-7-4-13/h5,8,11-13,15H,3-4,6-7,9-10H2,1-2H3. The van der Waals surface area contributed by atoms with Gasteiger partial charge in [-0.05, 0) is 51.8 Å². The van der Waals surface area contributed by atoms with E-state index in [1.807, 2.05) is 6.26 Å². The molecular formula is C14H24N2O. The second-order valence-corrected chi connectivity index (χ2v) is 5.35. The first-order valence-electron chi connectivity index (χ1n) is 6.71. The van der Waals surface area contributed by atoms with Gasteiger partial charge in [0, 0.05) is 24.7 Å². The summed E-state index contributed by atoms with van der Waals surface area (Å²) in [7, 11) is 0. The molecule has 1 aliphatic rings. The molecule has 1 saturated heterocycles. The molecule has 3 nitrogen and oxygen atoms in total. The van der Waals surface area contributed by atoms with Crippen LogP contribution in [-0.2, 0) is 6.54 Å². The number of rotatable bonds is 5. The fourth-order valence-corrected chi connectivity index (χ4v) is 2.47. The normalized spacial score (nSPS) is 18.1. The Morgan fingerprint density at radius 1 is 1.41 bits per heavy atom. The zero-order valence-corrected chi connectivity index (χ0v) is 11.0. The van der Waals surface area contributed by atoms with Gasteiger partial charge in [-0.2, -0.15) is 0 Å². The molecule has 1 aromatic rings. The first-order chi connectivity index (χ1) is 8.25. The molecule has 1 aliphatic heterocycles. The highest BCUT2D eigenvalue weighted by Crippen LogP contribution is 2.17. The molecule has 0 radical (unpaired) electrons. The highest BCUT2D eigenvalue weighted by atomic mass is 16.3. The van der Waals surface area contributed by atoms with E-state index in [1.54, 1.807) is 6.26 Å². The Morgan fingerprint density at radius 3 is 2.76 bits per heavy atom. The van der Waals surface area contributed by atoms with Gasteiger partial charge in [0.2, 0.25) is 0 Å². The van der Waals surface area contributed by atoms with Gasteiger partial charge < -0.3 is 9.73 Å². The van der Waals surface area contributed by atoms with Crippen LogP contribution in [0.3, 0.4) is 0 Å². The molecule has 0 amide bonds. The molecule has 0 saturated carbocycles. The summed E-state index contributed by atoms with van der Waals surface area (Å²) in [4.78, 5) is 2.56. The molecule has 2 heterocycles. The summed E-state index contributed by atoms with van der Waals surface area (Å²) in [6.07, 6.45) is 6.25. The van der Waals surface area contributed by atoms with Crippen LogP contribution < -0.4 is 5.32 Å². The van der Waals surface area contributed by atoms with Gasteiger partial charge in [0.25, 0.3) is 0 Å². The third-order valence-electron chi connectivity index (χ3n) is 3.65. The smallest absolute Gasteiger partial charge is 0.0947 e. The number of hydrogen-bond acceptors (Lipinski definition) is 3. The van der Waals surface area contributed by atoms with Gasteiger partial charge in [-0.15, -0.1) is 0 Å². The quantitative estimate of drug-likeness (QED) is 0.851. The van der Waals surface area contributed by atoms with Crippen molar-refractivity contribution in [1.82, 2.24) is 10.2 Å². The van der Waals surface area contributed by atoms with Crippen LogP contribution in [-0.4, -0.2) is 30.6 Å². The van der Waals surface area contributed by atoms with Crippen molar-refractivity contribution in [1.29, 1.82) is 0 Å². The van der Waals surface area contributed by atoms with Crippen molar-refractivity contribution in [3.05, 3.63) is 24.2 Å². The van der Waals surface area contributed by atoms with E-state index in [9.17, 15) is 0 Å². The number of nitrogens with zero attached hydrogens (tertiary/aromatic N) is 1. The third-order valence-corrected chi connectivity index (χ3v) is 3.65. The van der Waals surface area contributed by atoms with Gasteiger partial charge >= 0.3 is 0 Å². The number of piperidine rings is 1. The zero-order chi connectivity index (χ0) is 12.1. The van der Waals surface area contributed by atoms with Crippen molar-refractivity contribution in [2.75, 3.05) is 19.6 Å². The number of hydrogen-bond donors (Lipinski definition) is 1. The minimum atomic E-state index is 0.597. The molecule has 0 unspecified atom stereocenters.